The number of ether oxygens (including phenoxy) is 1. The fraction of sp³-hybridized carbons (Fsp3) is 1.00. The van der Waals surface area contributed by atoms with E-state index in [1.54, 1.807) is 0 Å². The number of aliphatic hydroxyl groups is 1. The maximum atomic E-state index is 9.56. The Kier molecular flexibility index (Phi) is 6.62. The minimum atomic E-state index is 0.349. The highest BCUT2D eigenvalue weighted by Crippen LogP contribution is 2.25. The summed E-state index contributed by atoms with van der Waals surface area (Å²) in [6.45, 7) is 4.55. The Balaban J connectivity index is 1.76. The van der Waals surface area contributed by atoms with Gasteiger partial charge in [0, 0.05) is 31.9 Å². The van der Waals surface area contributed by atoms with E-state index in [4.69, 9.17) is 4.74 Å². The van der Waals surface area contributed by atoms with Crippen molar-refractivity contribution in [3.8, 4) is 0 Å². The lowest BCUT2D eigenvalue weighted by molar-refractivity contribution is 0.0599. The summed E-state index contributed by atoms with van der Waals surface area (Å²) in [6.07, 6.45) is 10.1. The first kappa shape index (κ1) is 15.3. The van der Waals surface area contributed by atoms with Crippen molar-refractivity contribution in [3.63, 3.8) is 0 Å². The van der Waals surface area contributed by atoms with Gasteiger partial charge in [-0.15, -0.1) is 0 Å². The Hall–Kier alpha value is -0.120. The highest BCUT2D eigenvalue weighted by molar-refractivity contribution is 4.82. The maximum absolute atomic E-state index is 9.56. The summed E-state index contributed by atoms with van der Waals surface area (Å²) in [5.74, 6) is 1.30. The van der Waals surface area contributed by atoms with E-state index in [-0.39, 0.29) is 0 Å². The second kappa shape index (κ2) is 8.23. The average molecular weight is 269 g/mol. The molecule has 19 heavy (non-hydrogen) atoms. The predicted octanol–water partition coefficient (Wildman–Crippen LogP) is 2.72. The first-order valence-corrected chi connectivity index (χ1v) is 8.24. The molecule has 1 heterocycles. The largest absolute Gasteiger partial charge is 0.396 e. The molecule has 112 valence electrons. The first-order valence-electron chi connectivity index (χ1n) is 8.24. The van der Waals surface area contributed by atoms with Crippen LogP contribution in [0.1, 0.15) is 58.3 Å². The smallest absolute Gasteiger partial charge is 0.0474 e. The van der Waals surface area contributed by atoms with E-state index in [1.807, 2.05) is 0 Å². The number of rotatable bonds is 5. The molecule has 0 aromatic rings. The zero-order valence-electron chi connectivity index (χ0n) is 12.4. The van der Waals surface area contributed by atoms with Crippen LogP contribution in [0.5, 0.6) is 0 Å². The molecular formula is C16H31NO2. The lowest BCUT2D eigenvalue weighted by atomic mass is 9.90. The van der Waals surface area contributed by atoms with E-state index in [0.29, 0.717) is 24.6 Å². The van der Waals surface area contributed by atoms with Gasteiger partial charge in [-0.05, 0) is 50.9 Å². The molecule has 0 aromatic heterocycles. The molecule has 0 spiro atoms. The third-order valence-electron chi connectivity index (χ3n) is 4.92. The molecule has 2 N–H and O–H groups in total. The van der Waals surface area contributed by atoms with E-state index in [1.165, 1.54) is 51.4 Å². The first-order chi connectivity index (χ1) is 9.29. The normalized spacial score (nSPS) is 31.9. The summed E-state index contributed by atoms with van der Waals surface area (Å²) in [6, 6.07) is 1.10. The molecule has 1 aliphatic heterocycles. The van der Waals surface area contributed by atoms with Gasteiger partial charge in [-0.3, -0.25) is 0 Å². The SMILES string of the molecule is CC(CC1CCOCC1)NC1CCCCCC1CO. The van der Waals surface area contributed by atoms with Crippen LogP contribution in [0.2, 0.25) is 0 Å². The molecular weight excluding hydrogens is 238 g/mol. The second-order valence-corrected chi connectivity index (χ2v) is 6.55. The van der Waals surface area contributed by atoms with Crippen molar-refractivity contribution >= 4 is 0 Å². The van der Waals surface area contributed by atoms with Crippen LogP contribution in [-0.4, -0.2) is 37.0 Å². The Bertz CT molecular complexity index is 241. The van der Waals surface area contributed by atoms with Crippen molar-refractivity contribution in [3.05, 3.63) is 0 Å². The van der Waals surface area contributed by atoms with Gasteiger partial charge in [0.15, 0.2) is 0 Å². The third-order valence-corrected chi connectivity index (χ3v) is 4.92. The van der Waals surface area contributed by atoms with Crippen LogP contribution in [-0.2, 0) is 4.74 Å². The quantitative estimate of drug-likeness (QED) is 0.754. The molecule has 1 aliphatic carbocycles. The highest BCUT2D eigenvalue weighted by Gasteiger charge is 2.25. The van der Waals surface area contributed by atoms with Gasteiger partial charge < -0.3 is 15.2 Å². The number of nitrogens with one attached hydrogen (secondary N) is 1. The minimum absolute atomic E-state index is 0.349. The lowest BCUT2D eigenvalue weighted by Gasteiger charge is -2.31. The highest BCUT2D eigenvalue weighted by atomic mass is 16.5. The molecule has 2 rings (SSSR count). The molecule has 0 aromatic carbocycles. The summed E-state index contributed by atoms with van der Waals surface area (Å²) in [4.78, 5) is 0. The van der Waals surface area contributed by atoms with Crippen molar-refractivity contribution in [1.82, 2.24) is 5.32 Å². The van der Waals surface area contributed by atoms with Crippen LogP contribution in [0.3, 0.4) is 0 Å². The molecule has 0 radical (unpaired) electrons. The topological polar surface area (TPSA) is 41.5 Å². The Morgan fingerprint density at radius 3 is 2.58 bits per heavy atom. The van der Waals surface area contributed by atoms with Gasteiger partial charge in [0.2, 0.25) is 0 Å². The standard InChI is InChI=1S/C16H31NO2/c1-13(11-14-7-9-19-10-8-14)17-16-6-4-2-3-5-15(16)12-18/h13-18H,2-12H2,1H3. The zero-order valence-corrected chi connectivity index (χ0v) is 12.4. The summed E-state index contributed by atoms with van der Waals surface area (Å²) < 4.78 is 5.43. The molecule has 3 heteroatoms. The van der Waals surface area contributed by atoms with Crippen molar-refractivity contribution in [2.45, 2.75) is 70.4 Å². The molecule has 3 atom stereocenters. The number of aliphatic hydroxyl groups excluding tert-OH is 1. The molecule has 1 saturated heterocycles. The predicted molar refractivity (Wildman–Crippen MR) is 78.2 cm³/mol. The van der Waals surface area contributed by atoms with Crippen LogP contribution in [0.25, 0.3) is 0 Å². The fourth-order valence-electron chi connectivity index (χ4n) is 3.74. The minimum Gasteiger partial charge on any atom is -0.396 e. The van der Waals surface area contributed by atoms with Crippen LogP contribution < -0.4 is 5.32 Å². The summed E-state index contributed by atoms with van der Waals surface area (Å²) in [5, 5.41) is 13.4. The third kappa shape index (κ3) is 5.05. The van der Waals surface area contributed by atoms with E-state index in [9.17, 15) is 5.11 Å². The van der Waals surface area contributed by atoms with Gasteiger partial charge in [0.25, 0.3) is 0 Å². The van der Waals surface area contributed by atoms with Gasteiger partial charge in [-0.2, -0.15) is 0 Å². The zero-order chi connectivity index (χ0) is 13.5. The van der Waals surface area contributed by atoms with Crippen LogP contribution in [0, 0.1) is 11.8 Å². The number of hydrogen-bond donors (Lipinski definition) is 2. The van der Waals surface area contributed by atoms with E-state index < -0.39 is 0 Å². The van der Waals surface area contributed by atoms with Crippen molar-refractivity contribution < 1.29 is 9.84 Å². The Morgan fingerprint density at radius 1 is 1.11 bits per heavy atom. The summed E-state index contributed by atoms with van der Waals surface area (Å²) in [5.41, 5.74) is 0. The monoisotopic (exact) mass is 269 g/mol. The molecule has 0 amide bonds. The summed E-state index contributed by atoms with van der Waals surface area (Å²) in [7, 11) is 0. The molecule has 3 unspecified atom stereocenters. The van der Waals surface area contributed by atoms with Crippen molar-refractivity contribution in [2.24, 2.45) is 11.8 Å². The molecule has 1 saturated carbocycles. The van der Waals surface area contributed by atoms with E-state index in [0.717, 1.165) is 19.1 Å². The van der Waals surface area contributed by atoms with Crippen LogP contribution in [0.15, 0.2) is 0 Å². The molecule has 0 bridgehead atoms. The number of hydrogen-bond acceptors (Lipinski definition) is 3. The van der Waals surface area contributed by atoms with Gasteiger partial charge >= 0.3 is 0 Å². The fourth-order valence-corrected chi connectivity index (χ4v) is 3.74. The van der Waals surface area contributed by atoms with Gasteiger partial charge in [0.1, 0.15) is 0 Å². The Morgan fingerprint density at radius 2 is 1.84 bits per heavy atom. The molecule has 2 fully saturated rings. The molecule has 2 aliphatic rings. The van der Waals surface area contributed by atoms with Gasteiger partial charge in [-0.1, -0.05) is 19.3 Å². The lowest BCUT2D eigenvalue weighted by Crippen LogP contribution is -2.43. The van der Waals surface area contributed by atoms with Crippen LogP contribution >= 0.6 is 0 Å². The van der Waals surface area contributed by atoms with E-state index >= 15 is 0 Å². The second-order valence-electron chi connectivity index (χ2n) is 6.55. The van der Waals surface area contributed by atoms with Gasteiger partial charge in [0.05, 0.1) is 0 Å². The van der Waals surface area contributed by atoms with Crippen LogP contribution in [0.4, 0.5) is 0 Å². The maximum Gasteiger partial charge on any atom is 0.0474 e. The van der Waals surface area contributed by atoms with E-state index in [2.05, 4.69) is 12.2 Å². The van der Waals surface area contributed by atoms with Crippen molar-refractivity contribution in [1.29, 1.82) is 0 Å². The molecule has 3 nitrogen and oxygen atoms in total. The van der Waals surface area contributed by atoms with Gasteiger partial charge in [-0.25, -0.2) is 0 Å². The Labute approximate surface area is 118 Å². The average Bonchev–Trinajstić information content (AvgIpc) is 2.64. The van der Waals surface area contributed by atoms with Crippen molar-refractivity contribution in [2.75, 3.05) is 19.8 Å². The summed E-state index contributed by atoms with van der Waals surface area (Å²) >= 11 is 0.